The van der Waals surface area contributed by atoms with Crippen LogP contribution in [0.3, 0.4) is 0 Å². The lowest BCUT2D eigenvalue weighted by molar-refractivity contribution is 0.166. The fraction of sp³-hybridized carbons (Fsp3) is 0.500. The van der Waals surface area contributed by atoms with Gasteiger partial charge in [0, 0.05) is 6.26 Å². The van der Waals surface area contributed by atoms with Crippen LogP contribution >= 0.6 is 0 Å². The van der Waals surface area contributed by atoms with Gasteiger partial charge in [0.2, 0.25) is 0 Å². The topological polar surface area (TPSA) is 64.6 Å². The number of ether oxygens (including phenoxy) is 2. The molecule has 5 nitrogen and oxygen atoms in total. The van der Waals surface area contributed by atoms with Gasteiger partial charge in [-0.2, -0.15) is 0 Å². The second-order valence-electron chi connectivity index (χ2n) is 4.20. The molecule has 1 N–H and O–H groups in total. The van der Waals surface area contributed by atoms with Crippen molar-refractivity contribution >= 4 is 9.84 Å². The average Bonchev–Trinajstić information content (AvgIpc) is 2.34. The highest BCUT2D eigenvalue weighted by Crippen LogP contribution is 2.38. The van der Waals surface area contributed by atoms with E-state index in [0.29, 0.717) is 37.7 Å². The van der Waals surface area contributed by atoms with Crippen molar-refractivity contribution in [2.45, 2.75) is 11.3 Å². The fourth-order valence-electron chi connectivity index (χ4n) is 1.99. The summed E-state index contributed by atoms with van der Waals surface area (Å²) in [5.74, 6) is 0.868. The van der Waals surface area contributed by atoms with Gasteiger partial charge in [0.1, 0.15) is 18.1 Å². The number of fused-ring (bicyclic) bond motifs is 1. The quantitative estimate of drug-likeness (QED) is 0.870. The zero-order valence-corrected chi connectivity index (χ0v) is 11.3. The summed E-state index contributed by atoms with van der Waals surface area (Å²) < 4.78 is 34.8. The van der Waals surface area contributed by atoms with Crippen molar-refractivity contribution in [3.8, 4) is 11.5 Å². The van der Waals surface area contributed by atoms with Gasteiger partial charge in [-0.1, -0.05) is 6.07 Å². The SMILES string of the molecule is CNCCc1ccc2c(c1S(C)(=O)=O)OCCO2. The Hall–Kier alpha value is -1.27. The summed E-state index contributed by atoms with van der Waals surface area (Å²) in [6, 6.07) is 3.56. The molecule has 0 radical (unpaired) electrons. The predicted octanol–water partition coefficient (Wildman–Crippen LogP) is 0.623. The van der Waals surface area contributed by atoms with Crippen LogP contribution in [-0.4, -0.2) is 41.5 Å². The molecule has 100 valence electrons. The van der Waals surface area contributed by atoms with E-state index in [1.54, 1.807) is 12.1 Å². The van der Waals surface area contributed by atoms with Crippen LogP contribution in [0.1, 0.15) is 5.56 Å². The molecule has 2 rings (SSSR count). The largest absolute Gasteiger partial charge is 0.486 e. The third kappa shape index (κ3) is 2.59. The number of rotatable bonds is 4. The summed E-state index contributed by atoms with van der Waals surface area (Å²) >= 11 is 0. The molecule has 1 aliphatic heterocycles. The number of benzene rings is 1. The van der Waals surface area contributed by atoms with Crippen LogP contribution in [0.2, 0.25) is 0 Å². The van der Waals surface area contributed by atoms with Crippen molar-refractivity contribution in [1.29, 1.82) is 0 Å². The smallest absolute Gasteiger partial charge is 0.180 e. The lowest BCUT2D eigenvalue weighted by Crippen LogP contribution is -2.19. The molecular weight excluding hydrogens is 254 g/mol. The lowest BCUT2D eigenvalue weighted by atomic mass is 10.1. The zero-order chi connectivity index (χ0) is 13.2. The second kappa shape index (κ2) is 5.16. The van der Waals surface area contributed by atoms with E-state index in [-0.39, 0.29) is 4.90 Å². The molecule has 0 fully saturated rings. The Morgan fingerprint density at radius 3 is 2.67 bits per heavy atom. The molecule has 6 heteroatoms. The fourth-order valence-corrected chi connectivity index (χ4v) is 3.14. The Morgan fingerprint density at radius 2 is 2.00 bits per heavy atom. The summed E-state index contributed by atoms with van der Waals surface area (Å²) in [5.41, 5.74) is 0.760. The van der Waals surface area contributed by atoms with Gasteiger partial charge in [-0.3, -0.25) is 0 Å². The van der Waals surface area contributed by atoms with Crippen molar-refractivity contribution in [2.75, 3.05) is 33.1 Å². The first-order valence-electron chi connectivity index (χ1n) is 5.80. The van der Waals surface area contributed by atoms with Crippen molar-refractivity contribution in [3.63, 3.8) is 0 Å². The molecule has 0 saturated carbocycles. The van der Waals surface area contributed by atoms with Gasteiger partial charge in [-0.25, -0.2) is 8.42 Å². The van der Waals surface area contributed by atoms with E-state index in [1.165, 1.54) is 6.26 Å². The molecule has 0 atom stereocenters. The van der Waals surface area contributed by atoms with Crippen LogP contribution in [0.5, 0.6) is 11.5 Å². The highest BCUT2D eigenvalue weighted by Gasteiger charge is 2.25. The van der Waals surface area contributed by atoms with E-state index in [0.717, 1.165) is 5.56 Å². The Morgan fingerprint density at radius 1 is 1.28 bits per heavy atom. The summed E-state index contributed by atoms with van der Waals surface area (Å²) in [4.78, 5) is 0.259. The third-order valence-electron chi connectivity index (χ3n) is 2.76. The van der Waals surface area contributed by atoms with Crippen molar-refractivity contribution in [1.82, 2.24) is 5.32 Å². The predicted molar refractivity (Wildman–Crippen MR) is 68.2 cm³/mol. The summed E-state index contributed by atoms with van der Waals surface area (Å²) in [6.45, 7) is 1.54. The maximum absolute atomic E-state index is 11.9. The Balaban J connectivity index is 2.54. The van der Waals surface area contributed by atoms with Gasteiger partial charge in [0.05, 0.1) is 0 Å². The van der Waals surface area contributed by atoms with E-state index < -0.39 is 9.84 Å². The van der Waals surface area contributed by atoms with Crippen molar-refractivity contribution in [2.24, 2.45) is 0 Å². The molecule has 0 aromatic heterocycles. The minimum Gasteiger partial charge on any atom is -0.486 e. The molecule has 18 heavy (non-hydrogen) atoms. The zero-order valence-electron chi connectivity index (χ0n) is 10.5. The van der Waals surface area contributed by atoms with Crippen molar-refractivity contribution in [3.05, 3.63) is 17.7 Å². The van der Waals surface area contributed by atoms with Gasteiger partial charge >= 0.3 is 0 Å². The van der Waals surface area contributed by atoms with Crippen LogP contribution in [0.15, 0.2) is 17.0 Å². The Bertz CT molecular complexity index is 539. The number of nitrogens with one attached hydrogen (secondary N) is 1. The molecule has 0 saturated heterocycles. The lowest BCUT2D eigenvalue weighted by Gasteiger charge is -2.22. The maximum Gasteiger partial charge on any atom is 0.180 e. The first-order valence-corrected chi connectivity index (χ1v) is 7.69. The summed E-state index contributed by atoms with van der Waals surface area (Å²) in [5, 5.41) is 3.01. The molecule has 0 spiro atoms. The third-order valence-corrected chi connectivity index (χ3v) is 3.95. The number of sulfone groups is 1. The van der Waals surface area contributed by atoms with Gasteiger partial charge in [0.15, 0.2) is 21.3 Å². The molecule has 1 aliphatic rings. The molecule has 0 aliphatic carbocycles. The number of likely N-dealkylation sites (N-methyl/N-ethyl adjacent to an activating group) is 1. The second-order valence-corrected chi connectivity index (χ2v) is 6.16. The van der Waals surface area contributed by atoms with Gasteiger partial charge in [-0.05, 0) is 31.6 Å². The molecule has 0 bridgehead atoms. The van der Waals surface area contributed by atoms with E-state index in [9.17, 15) is 8.42 Å². The normalized spacial score (nSPS) is 14.6. The van der Waals surface area contributed by atoms with E-state index in [1.807, 2.05) is 7.05 Å². The van der Waals surface area contributed by atoms with E-state index in [4.69, 9.17) is 9.47 Å². The standard InChI is InChI=1S/C12H17NO4S/c1-13-6-5-9-3-4-10-11(17-8-7-16-10)12(9)18(2,14)15/h3-4,13H,5-8H2,1-2H3. The van der Waals surface area contributed by atoms with Crippen LogP contribution in [0, 0.1) is 0 Å². The first kappa shape index (κ1) is 13.2. The first-order chi connectivity index (χ1) is 8.54. The minimum atomic E-state index is -3.34. The van der Waals surface area contributed by atoms with Crippen LogP contribution in [-0.2, 0) is 16.3 Å². The number of hydrogen-bond acceptors (Lipinski definition) is 5. The van der Waals surface area contributed by atoms with Crippen LogP contribution in [0.4, 0.5) is 0 Å². The van der Waals surface area contributed by atoms with Gasteiger partial charge in [-0.15, -0.1) is 0 Å². The summed E-state index contributed by atoms with van der Waals surface area (Å²) in [6.07, 6.45) is 1.83. The van der Waals surface area contributed by atoms with Crippen LogP contribution < -0.4 is 14.8 Å². The highest BCUT2D eigenvalue weighted by atomic mass is 32.2. The maximum atomic E-state index is 11.9. The summed E-state index contributed by atoms with van der Waals surface area (Å²) in [7, 11) is -1.51. The average molecular weight is 271 g/mol. The molecular formula is C12H17NO4S. The van der Waals surface area contributed by atoms with Crippen molar-refractivity contribution < 1.29 is 17.9 Å². The molecule has 1 aromatic rings. The molecule has 0 amide bonds. The minimum absolute atomic E-state index is 0.259. The monoisotopic (exact) mass is 271 g/mol. The van der Waals surface area contributed by atoms with Crippen LogP contribution in [0.25, 0.3) is 0 Å². The number of hydrogen-bond donors (Lipinski definition) is 1. The van der Waals surface area contributed by atoms with Gasteiger partial charge in [0.25, 0.3) is 0 Å². The molecule has 1 heterocycles. The highest BCUT2D eigenvalue weighted by molar-refractivity contribution is 7.90. The van der Waals surface area contributed by atoms with Gasteiger partial charge < -0.3 is 14.8 Å². The molecule has 0 unspecified atom stereocenters. The Labute approximate surface area is 107 Å². The molecule has 1 aromatic carbocycles. The van der Waals surface area contributed by atoms with E-state index in [2.05, 4.69) is 5.32 Å². The Kier molecular flexibility index (Phi) is 3.77. The van der Waals surface area contributed by atoms with E-state index >= 15 is 0 Å².